The molecule has 0 bridgehead atoms. The van der Waals surface area contributed by atoms with Crippen LogP contribution in [-0.2, 0) is 23.3 Å². The van der Waals surface area contributed by atoms with Gasteiger partial charge in [0.15, 0.2) is 0 Å². The first-order valence-electron chi connectivity index (χ1n) is 12.3. The van der Waals surface area contributed by atoms with Crippen LogP contribution < -0.4 is 24.8 Å². The molecule has 0 saturated carbocycles. The predicted octanol–water partition coefficient (Wildman–Crippen LogP) is 3.15. The molecule has 2 aromatic carbocycles. The molecule has 2 aliphatic rings. The van der Waals surface area contributed by atoms with Gasteiger partial charge in [-0.15, -0.1) is 23.3 Å². The fraction of sp³-hybridized carbons (Fsp3) is 0.467. The Hall–Kier alpha value is -0.400. The number of allylic oxidation sites excluding steroid dienone is 4. The minimum atomic E-state index is 0. The molecule has 0 radical (unpaired) electrons. The van der Waals surface area contributed by atoms with E-state index in [9.17, 15) is 0 Å². The Morgan fingerprint density at radius 2 is 1.03 bits per heavy atom. The van der Waals surface area contributed by atoms with Crippen molar-refractivity contribution in [2.24, 2.45) is 0 Å². The van der Waals surface area contributed by atoms with E-state index in [0.717, 1.165) is 0 Å². The molecule has 0 aliphatic heterocycles. The summed E-state index contributed by atoms with van der Waals surface area (Å²) in [4.78, 5) is 0. The van der Waals surface area contributed by atoms with Crippen molar-refractivity contribution < 1.29 is 48.1 Å². The molecule has 2 atom stereocenters. The Kier molecular flexibility index (Phi) is 17.7. The van der Waals surface area contributed by atoms with E-state index in [2.05, 4.69) is 101 Å². The van der Waals surface area contributed by atoms with Crippen LogP contribution in [0.15, 0.2) is 48.5 Å². The molecule has 184 valence electrons. The van der Waals surface area contributed by atoms with E-state index in [1.807, 2.05) is 0 Å². The average Bonchev–Trinajstić information content (AvgIpc) is 3.28. The Morgan fingerprint density at radius 1 is 0.706 bits per heavy atom. The van der Waals surface area contributed by atoms with Crippen LogP contribution in [0, 0.1) is 12.2 Å². The molecule has 0 heterocycles. The first-order chi connectivity index (χ1) is 15.4. The molecule has 0 fully saturated rings. The molecule has 2 aromatic rings. The third-order valence-electron chi connectivity index (χ3n) is 5.95. The van der Waals surface area contributed by atoms with Gasteiger partial charge in [-0.2, -0.15) is 11.1 Å². The normalized spacial score (nSPS) is 16.7. The van der Waals surface area contributed by atoms with E-state index in [-0.39, 0.29) is 30.2 Å². The SMILES string of the molecule is CCCCC1[C-]=C(C)c2ccccc21.CCCCC1[C-]=C(C)c2ccccc21.C[Si](C)=[Zr+2].[Cl-].[Cl-]. The van der Waals surface area contributed by atoms with Gasteiger partial charge < -0.3 is 24.8 Å². The van der Waals surface area contributed by atoms with Gasteiger partial charge in [-0.1, -0.05) is 114 Å². The Morgan fingerprint density at radius 3 is 1.35 bits per heavy atom. The predicted molar refractivity (Wildman–Crippen MR) is 140 cm³/mol. The smallest absolute Gasteiger partial charge is 1.00 e. The second kappa shape index (κ2) is 17.9. The van der Waals surface area contributed by atoms with Crippen LogP contribution in [0.5, 0.6) is 0 Å². The molecule has 0 amide bonds. The monoisotopic (exact) mass is 588 g/mol. The Labute approximate surface area is 237 Å². The van der Waals surface area contributed by atoms with E-state index in [0.29, 0.717) is 11.8 Å². The first-order valence-corrected chi connectivity index (χ1v) is 18.5. The third kappa shape index (κ3) is 10.3. The van der Waals surface area contributed by atoms with Gasteiger partial charge in [0.05, 0.1) is 0 Å². The van der Waals surface area contributed by atoms with Crippen LogP contribution in [-0.4, -0.2) is 5.43 Å². The standard InChI is InChI=1S/2C14H17.C2H6Si.2ClH.Zr/c2*1-3-4-7-12-10-11(2)13-8-5-6-9-14(12)13;1-3-2;;;/h2*5-6,8-9,12H,3-4,7H2,1-2H3;1-2H3;2*1H;/q2*-1;;;;+2/p-2. The summed E-state index contributed by atoms with van der Waals surface area (Å²) in [6.07, 6.45) is 14.8. The van der Waals surface area contributed by atoms with Crippen LogP contribution in [0.4, 0.5) is 0 Å². The fourth-order valence-electron chi connectivity index (χ4n) is 4.39. The molecule has 34 heavy (non-hydrogen) atoms. The molecule has 0 spiro atoms. The summed E-state index contributed by atoms with van der Waals surface area (Å²) in [5.74, 6) is 1.12. The number of fused-ring (bicyclic) bond motifs is 2. The number of halogens is 2. The Bertz CT molecular complexity index is 873. The van der Waals surface area contributed by atoms with Gasteiger partial charge in [-0.25, -0.2) is 11.1 Å². The van der Waals surface area contributed by atoms with E-state index in [4.69, 9.17) is 0 Å². The van der Waals surface area contributed by atoms with Crippen LogP contribution >= 0.6 is 0 Å². The van der Waals surface area contributed by atoms with Gasteiger partial charge in [0.1, 0.15) is 0 Å². The van der Waals surface area contributed by atoms with Crippen LogP contribution in [0.1, 0.15) is 100 Å². The first kappa shape index (κ1) is 33.6. The summed E-state index contributed by atoms with van der Waals surface area (Å²) in [6.45, 7) is 13.5. The van der Waals surface area contributed by atoms with Crippen molar-refractivity contribution in [3.8, 4) is 0 Å². The molecule has 2 aliphatic carbocycles. The summed E-state index contributed by atoms with van der Waals surface area (Å²) in [6, 6.07) is 17.4. The number of hydrogen-bond acceptors (Lipinski definition) is 0. The maximum Gasteiger partial charge on any atom is -1.00 e. The molecule has 4 rings (SSSR count). The number of rotatable bonds is 6. The zero-order valence-electron chi connectivity index (χ0n) is 21.8. The maximum atomic E-state index is 3.57. The topological polar surface area (TPSA) is 0 Å². The third-order valence-corrected chi connectivity index (χ3v) is 5.95. The maximum absolute atomic E-state index is 3.57. The number of hydrogen-bond donors (Lipinski definition) is 0. The van der Waals surface area contributed by atoms with Gasteiger partial charge >= 0.3 is 41.9 Å². The molecule has 0 saturated heterocycles. The summed E-state index contributed by atoms with van der Waals surface area (Å²) < 4.78 is 0. The minimum Gasteiger partial charge on any atom is -1.00 e. The second-order valence-electron chi connectivity index (χ2n) is 9.10. The van der Waals surface area contributed by atoms with Crippen molar-refractivity contribution in [3.63, 3.8) is 0 Å². The van der Waals surface area contributed by atoms with Crippen LogP contribution in [0.3, 0.4) is 0 Å². The average molecular weight is 591 g/mol. The van der Waals surface area contributed by atoms with Crippen LogP contribution in [0.2, 0.25) is 13.1 Å². The zero-order valence-corrected chi connectivity index (χ0v) is 26.7. The summed E-state index contributed by atoms with van der Waals surface area (Å²) in [5, 5.41) is 0. The quantitative estimate of drug-likeness (QED) is 0.358. The molecular formula is C30H40Cl2SiZr-2. The molecule has 0 N–H and O–H groups in total. The zero-order chi connectivity index (χ0) is 23.5. The minimum absolute atomic E-state index is 0. The van der Waals surface area contributed by atoms with Crippen molar-refractivity contribution in [1.29, 1.82) is 0 Å². The van der Waals surface area contributed by atoms with E-state index in [1.165, 1.54) is 71.9 Å². The molecule has 4 heteroatoms. The van der Waals surface area contributed by atoms with Crippen LogP contribution in [0.25, 0.3) is 11.1 Å². The number of unbranched alkanes of at least 4 members (excludes halogenated alkanes) is 2. The molecule has 0 aromatic heterocycles. The number of benzene rings is 2. The van der Waals surface area contributed by atoms with E-state index >= 15 is 0 Å². The van der Waals surface area contributed by atoms with Gasteiger partial charge in [-0.3, -0.25) is 12.2 Å². The van der Waals surface area contributed by atoms with Gasteiger partial charge in [0.25, 0.3) is 0 Å². The Balaban J connectivity index is 0.000000528. The molecular weight excluding hydrogens is 551 g/mol. The van der Waals surface area contributed by atoms with Crippen molar-refractivity contribution in [2.75, 3.05) is 0 Å². The van der Waals surface area contributed by atoms with Crippen molar-refractivity contribution >= 4 is 16.6 Å². The molecule has 0 nitrogen and oxygen atoms in total. The van der Waals surface area contributed by atoms with Crippen molar-refractivity contribution in [2.45, 2.75) is 91.1 Å². The van der Waals surface area contributed by atoms with Crippen molar-refractivity contribution in [1.82, 2.24) is 0 Å². The van der Waals surface area contributed by atoms with E-state index < -0.39 is 0 Å². The van der Waals surface area contributed by atoms with Crippen molar-refractivity contribution in [3.05, 3.63) is 82.9 Å². The summed E-state index contributed by atoms with van der Waals surface area (Å²) >= 11 is 1.74. The summed E-state index contributed by atoms with van der Waals surface area (Å²) in [7, 11) is 0. The summed E-state index contributed by atoms with van der Waals surface area (Å²) in [5.41, 5.74) is 8.67. The molecule has 2 unspecified atom stereocenters. The largest absolute Gasteiger partial charge is 1.00 e. The van der Waals surface area contributed by atoms with Gasteiger partial charge in [-0.05, 0) is 0 Å². The van der Waals surface area contributed by atoms with Gasteiger partial charge in [0, 0.05) is 0 Å². The second-order valence-corrected chi connectivity index (χ2v) is 18.5. The fourth-order valence-corrected chi connectivity index (χ4v) is 4.39. The van der Waals surface area contributed by atoms with E-state index in [1.54, 1.807) is 23.3 Å². The van der Waals surface area contributed by atoms with Gasteiger partial charge in [0.2, 0.25) is 0 Å².